The summed E-state index contributed by atoms with van der Waals surface area (Å²) in [5, 5.41) is 3.69. The number of aromatic nitrogens is 3. The van der Waals surface area contributed by atoms with Crippen LogP contribution in [0.25, 0.3) is 0 Å². The van der Waals surface area contributed by atoms with Gasteiger partial charge in [0, 0.05) is 18.9 Å². The Morgan fingerprint density at radius 3 is 2.94 bits per heavy atom. The van der Waals surface area contributed by atoms with E-state index in [9.17, 15) is 0 Å². The first kappa shape index (κ1) is 10.8. The van der Waals surface area contributed by atoms with E-state index in [0.717, 1.165) is 13.0 Å². The van der Waals surface area contributed by atoms with Crippen LogP contribution in [-0.4, -0.2) is 21.5 Å². The molecular formula is C11H11ClN4. The average Bonchev–Trinajstić information content (AvgIpc) is 2.33. The highest BCUT2D eigenvalue weighted by atomic mass is 35.5. The van der Waals surface area contributed by atoms with E-state index in [4.69, 9.17) is 11.6 Å². The maximum absolute atomic E-state index is 5.91. The van der Waals surface area contributed by atoms with Gasteiger partial charge in [-0.3, -0.25) is 4.98 Å². The first-order valence-corrected chi connectivity index (χ1v) is 5.32. The van der Waals surface area contributed by atoms with Crippen LogP contribution in [0.15, 0.2) is 37.1 Å². The van der Waals surface area contributed by atoms with Crippen molar-refractivity contribution in [3.05, 3.63) is 47.6 Å². The van der Waals surface area contributed by atoms with Gasteiger partial charge in [-0.05, 0) is 18.1 Å². The van der Waals surface area contributed by atoms with Crippen LogP contribution < -0.4 is 5.32 Å². The van der Waals surface area contributed by atoms with E-state index in [1.165, 1.54) is 11.9 Å². The highest BCUT2D eigenvalue weighted by molar-refractivity contribution is 6.32. The summed E-state index contributed by atoms with van der Waals surface area (Å²) < 4.78 is 0. The first-order valence-electron chi connectivity index (χ1n) is 4.94. The third kappa shape index (κ3) is 2.90. The van der Waals surface area contributed by atoms with Crippen LogP contribution in [0.2, 0.25) is 5.02 Å². The van der Waals surface area contributed by atoms with E-state index in [0.29, 0.717) is 10.8 Å². The monoisotopic (exact) mass is 234 g/mol. The van der Waals surface area contributed by atoms with Crippen LogP contribution in [0, 0.1) is 0 Å². The molecule has 4 nitrogen and oxygen atoms in total. The van der Waals surface area contributed by atoms with Crippen molar-refractivity contribution in [2.45, 2.75) is 6.42 Å². The number of pyridine rings is 1. The number of halogens is 1. The highest BCUT2D eigenvalue weighted by Gasteiger charge is 1.99. The predicted octanol–water partition coefficient (Wildman–Crippen LogP) is 2.18. The van der Waals surface area contributed by atoms with Crippen molar-refractivity contribution >= 4 is 17.4 Å². The maximum atomic E-state index is 5.91. The molecule has 0 aromatic carbocycles. The Balaban J connectivity index is 1.87. The Morgan fingerprint density at radius 1 is 1.25 bits per heavy atom. The van der Waals surface area contributed by atoms with E-state index >= 15 is 0 Å². The van der Waals surface area contributed by atoms with Crippen LogP contribution in [-0.2, 0) is 6.42 Å². The molecule has 2 aromatic heterocycles. The lowest BCUT2D eigenvalue weighted by atomic mass is 10.2. The Bertz CT molecular complexity index is 447. The fraction of sp³-hybridized carbons (Fsp3) is 0.182. The summed E-state index contributed by atoms with van der Waals surface area (Å²) >= 11 is 5.91. The quantitative estimate of drug-likeness (QED) is 0.881. The SMILES string of the molecule is Clc1cncnc1NCCc1cccnc1. The van der Waals surface area contributed by atoms with Gasteiger partial charge in [0.2, 0.25) is 0 Å². The summed E-state index contributed by atoms with van der Waals surface area (Å²) in [5.41, 5.74) is 1.18. The van der Waals surface area contributed by atoms with Crippen LogP contribution in [0.4, 0.5) is 5.82 Å². The van der Waals surface area contributed by atoms with Gasteiger partial charge < -0.3 is 5.32 Å². The second kappa shape index (κ2) is 5.42. The number of hydrogen-bond donors (Lipinski definition) is 1. The van der Waals surface area contributed by atoms with Crippen molar-refractivity contribution in [3.63, 3.8) is 0 Å². The Morgan fingerprint density at radius 2 is 2.19 bits per heavy atom. The maximum Gasteiger partial charge on any atom is 0.148 e. The zero-order valence-corrected chi connectivity index (χ0v) is 9.35. The third-order valence-electron chi connectivity index (χ3n) is 2.10. The first-order chi connectivity index (χ1) is 7.86. The smallest absolute Gasteiger partial charge is 0.148 e. The lowest BCUT2D eigenvalue weighted by Gasteiger charge is -2.05. The van der Waals surface area contributed by atoms with E-state index in [1.807, 2.05) is 18.3 Å². The van der Waals surface area contributed by atoms with Crippen molar-refractivity contribution in [3.8, 4) is 0 Å². The molecule has 0 unspecified atom stereocenters. The van der Waals surface area contributed by atoms with Crippen LogP contribution in [0.5, 0.6) is 0 Å². The highest BCUT2D eigenvalue weighted by Crippen LogP contribution is 2.15. The van der Waals surface area contributed by atoms with E-state index < -0.39 is 0 Å². The largest absolute Gasteiger partial charge is 0.368 e. The molecule has 16 heavy (non-hydrogen) atoms. The van der Waals surface area contributed by atoms with Gasteiger partial charge in [-0.25, -0.2) is 9.97 Å². The average molecular weight is 235 g/mol. The van der Waals surface area contributed by atoms with E-state index in [-0.39, 0.29) is 0 Å². The minimum absolute atomic E-state index is 0.536. The van der Waals surface area contributed by atoms with Gasteiger partial charge >= 0.3 is 0 Å². The molecule has 0 amide bonds. The van der Waals surface area contributed by atoms with Gasteiger partial charge in [-0.2, -0.15) is 0 Å². The summed E-state index contributed by atoms with van der Waals surface area (Å²) in [6, 6.07) is 3.96. The molecule has 2 heterocycles. The van der Waals surface area contributed by atoms with Crippen molar-refractivity contribution in [1.82, 2.24) is 15.0 Å². The van der Waals surface area contributed by atoms with Gasteiger partial charge in [-0.1, -0.05) is 17.7 Å². The van der Waals surface area contributed by atoms with Gasteiger partial charge in [0.1, 0.15) is 17.2 Å². The number of anilines is 1. The minimum atomic E-state index is 0.536. The van der Waals surface area contributed by atoms with Gasteiger partial charge in [0.05, 0.1) is 6.20 Å². The topological polar surface area (TPSA) is 50.7 Å². The van der Waals surface area contributed by atoms with E-state index in [2.05, 4.69) is 20.3 Å². The molecule has 1 N–H and O–H groups in total. The molecule has 0 radical (unpaired) electrons. The molecule has 82 valence electrons. The van der Waals surface area contributed by atoms with Crippen LogP contribution >= 0.6 is 11.6 Å². The summed E-state index contributed by atoms with van der Waals surface area (Å²) in [5.74, 6) is 0.667. The second-order valence-corrected chi connectivity index (χ2v) is 3.66. The lowest BCUT2D eigenvalue weighted by molar-refractivity contribution is 0.988. The molecule has 5 heteroatoms. The Kier molecular flexibility index (Phi) is 3.66. The molecule has 0 bridgehead atoms. The van der Waals surface area contributed by atoms with Crippen LogP contribution in [0.1, 0.15) is 5.56 Å². The van der Waals surface area contributed by atoms with Crippen LogP contribution in [0.3, 0.4) is 0 Å². The van der Waals surface area contributed by atoms with Crippen molar-refractivity contribution in [2.75, 3.05) is 11.9 Å². The third-order valence-corrected chi connectivity index (χ3v) is 2.37. The summed E-state index contributed by atoms with van der Waals surface area (Å²) in [6.45, 7) is 0.766. The lowest BCUT2D eigenvalue weighted by Crippen LogP contribution is -2.06. The molecule has 2 rings (SSSR count). The molecule has 0 aliphatic rings. The molecule has 0 aliphatic heterocycles. The Labute approximate surface area is 98.7 Å². The molecule has 0 spiro atoms. The van der Waals surface area contributed by atoms with Gasteiger partial charge in [0.25, 0.3) is 0 Å². The zero-order valence-electron chi connectivity index (χ0n) is 8.60. The van der Waals surface area contributed by atoms with E-state index in [1.54, 1.807) is 12.4 Å². The second-order valence-electron chi connectivity index (χ2n) is 3.26. The van der Waals surface area contributed by atoms with Crippen molar-refractivity contribution in [1.29, 1.82) is 0 Å². The summed E-state index contributed by atoms with van der Waals surface area (Å²) in [6.07, 6.45) is 7.54. The molecule has 0 saturated heterocycles. The number of nitrogens with one attached hydrogen (secondary N) is 1. The number of hydrogen-bond acceptors (Lipinski definition) is 4. The predicted molar refractivity (Wildman–Crippen MR) is 63.5 cm³/mol. The zero-order chi connectivity index (χ0) is 11.2. The molecule has 2 aromatic rings. The molecular weight excluding hydrogens is 224 g/mol. The fourth-order valence-corrected chi connectivity index (χ4v) is 1.49. The fourth-order valence-electron chi connectivity index (χ4n) is 1.31. The summed E-state index contributed by atoms with van der Waals surface area (Å²) in [4.78, 5) is 11.9. The molecule has 0 atom stereocenters. The number of rotatable bonds is 4. The standard InChI is InChI=1S/C11H11ClN4/c12-10-7-14-8-16-11(10)15-5-3-9-2-1-4-13-6-9/h1-2,4,6-8H,3,5H2,(H,14,15,16). The normalized spacial score (nSPS) is 10.1. The summed E-state index contributed by atoms with van der Waals surface area (Å²) in [7, 11) is 0. The molecule has 0 aliphatic carbocycles. The Hall–Kier alpha value is -1.68. The van der Waals surface area contributed by atoms with Gasteiger partial charge in [0.15, 0.2) is 0 Å². The minimum Gasteiger partial charge on any atom is -0.368 e. The number of nitrogens with zero attached hydrogens (tertiary/aromatic N) is 3. The van der Waals surface area contributed by atoms with Crippen molar-refractivity contribution in [2.24, 2.45) is 0 Å². The molecule has 0 saturated carbocycles. The van der Waals surface area contributed by atoms with Crippen molar-refractivity contribution < 1.29 is 0 Å². The molecule has 0 fully saturated rings. The van der Waals surface area contributed by atoms with Gasteiger partial charge in [-0.15, -0.1) is 0 Å².